The number of nitro benzene ring substituents is 1. The molecule has 6 nitrogen and oxygen atoms in total. The number of non-ortho nitro benzene ring substituents is 1. The van der Waals surface area contributed by atoms with Gasteiger partial charge in [-0.25, -0.2) is 0 Å². The number of anilines is 1. The van der Waals surface area contributed by atoms with Crippen molar-refractivity contribution in [3.05, 3.63) is 85.5 Å². The van der Waals surface area contributed by atoms with Gasteiger partial charge in [0.1, 0.15) is 11.5 Å². The number of hydrogen-bond acceptors (Lipinski definition) is 4. The molecule has 0 aliphatic heterocycles. The van der Waals surface area contributed by atoms with Gasteiger partial charge >= 0.3 is 0 Å². The third-order valence-corrected chi connectivity index (χ3v) is 4.36. The van der Waals surface area contributed by atoms with Gasteiger partial charge in [0, 0.05) is 33.8 Å². The van der Waals surface area contributed by atoms with Gasteiger partial charge in [0.25, 0.3) is 5.69 Å². The lowest BCUT2D eigenvalue weighted by atomic mass is 10.2. The van der Waals surface area contributed by atoms with Crippen molar-refractivity contribution in [2.45, 2.75) is 0 Å². The van der Waals surface area contributed by atoms with Crippen LogP contribution in [-0.2, 0) is 4.79 Å². The summed E-state index contributed by atoms with van der Waals surface area (Å²) < 4.78 is 5.66. The second-order valence-electron chi connectivity index (χ2n) is 5.60. The smallest absolute Gasteiger partial charge is 0.271 e. The topological polar surface area (TPSA) is 85.4 Å². The molecule has 28 heavy (non-hydrogen) atoms. The van der Waals surface area contributed by atoms with Crippen LogP contribution in [0, 0.1) is 10.1 Å². The summed E-state index contributed by atoms with van der Waals surface area (Å²) in [6, 6.07) is 12.2. The third kappa shape index (κ3) is 4.92. The van der Waals surface area contributed by atoms with Crippen molar-refractivity contribution in [1.29, 1.82) is 0 Å². The quantitative estimate of drug-likeness (QED) is 0.282. The SMILES string of the molecule is O=C(/C=C/c1ccc(-c2cc(Cl)cc(Cl)c2)o1)Nc1cc([N+](=O)[O-])ccc1Cl. The van der Waals surface area contributed by atoms with Gasteiger partial charge in [-0.2, -0.15) is 0 Å². The summed E-state index contributed by atoms with van der Waals surface area (Å²) in [5.74, 6) is 0.434. The van der Waals surface area contributed by atoms with Crippen molar-refractivity contribution in [2.75, 3.05) is 5.32 Å². The van der Waals surface area contributed by atoms with E-state index in [1.54, 1.807) is 30.3 Å². The summed E-state index contributed by atoms with van der Waals surface area (Å²) in [4.78, 5) is 22.3. The standard InChI is InChI=1S/C19H11Cl3N2O4/c20-12-7-11(8-13(21)9-12)18-5-2-15(28-18)3-6-19(25)23-17-10-14(24(26)27)1-4-16(17)22/h1-10H,(H,23,25)/b6-3+. The Hall–Kier alpha value is -2.80. The monoisotopic (exact) mass is 436 g/mol. The Labute approximate surface area is 174 Å². The highest BCUT2D eigenvalue weighted by Crippen LogP contribution is 2.29. The lowest BCUT2D eigenvalue weighted by molar-refractivity contribution is -0.384. The van der Waals surface area contributed by atoms with Gasteiger partial charge in [-0.3, -0.25) is 14.9 Å². The second-order valence-corrected chi connectivity index (χ2v) is 6.88. The summed E-state index contributed by atoms with van der Waals surface area (Å²) in [6.07, 6.45) is 2.68. The minimum Gasteiger partial charge on any atom is -0.457 e. The van der Waals surface area contributed by atoms with Crippen molar-refractivity contribution in [2.24, 2.45) is 0 Å². The normalized spacial score (nSPS) is 11.0. The molecule has 1 amide bonds. The van der Waals surface area contributed by atoms with E-state index in [1.807, 2.05) is 0 Å². The first kappa shape index (κ1) is 19.9. The largest absolute Gasteiger partial charge is 0.457 e. The fourth-order valence-corrected chi connectivity index (χ4v) is 3.04. The summed E-state index contributed by atoms with van der Waals surface area (Å²) >= 11 is 17.9. The summed E-state index contributed by atoms with van der Waals surface area (Å²) in [7, 11) is 0. The minimum atomic E-state index is -0.575. The molecule has 0 spiro atoms. The van der Waals surface area contributed by atoms with Crippen molar-refractivity contribution in [3.8, 4) is 11.3 Å². The first-order chi connectivity index (χ1) is 13.3. The van der Waals surface area contributed by atoms with E-state index in [9.17, 15) is 14.9 Å². The Balaban J connectivity index is 1.72. The lowest BCUT2D eigenvalue weighted by Gasteiger charge is -2.04. The number of benzene rings is 2. The zero-order valence-corrected chi connectivity index (χ0v) is 16.3. The van der Waals surface area contributed by atoms with Gasteiger partial charge < -0.3 is 9.73 Å². The van der Waals surface area contributed by atoms with Gasteiger partial charge in [0.2, 0.25) is 5.91 Å². The van der Waals surface area contributed by atoms with Gasteiger partial charge in [0.05, 0.1) is 15.6 Å². The van der Waals surface area contributed by atoms with Crippen molar-refractivity contribution < 1.29 is 14.1 Å². The van der Waals surface area contributed by atoms with Crippen LogP contribution in [0.5, 0.6) is 0 Å². The maximum absolute atomic E-state index is 12.1. The molecule has 1 N–H and O–H groups in total. The zero-order valence-electron chi connectivity index (χ0n) is 14.0. The van der Waals surface area contributed by atoms with E-state index in [0.29, 0.717) is 27.1 Å². The molecule has 3 aromatic rings. The molecule has 1 aromatic heterocycles. The minimum absolute atomic E-state index is 0.138. The number of carbonyl (C=O) groups is 1. The Morgan fingerprint density at radius 3 is 2.43 bits per heavy atom. The number of nitrogens with one attached hydrogen (secondary N) is 1. The van der Waals surface area contributed by atoms with Gasteiger partial charge in [-0.15, -0.1) is 0 Å². The van der Waals surface area contributed by atoms with Crippen LogP contribution in [0.1, 0.15) is 5.76 Å². The summed E-state index contributed by atoms with van der Waals surface area (Å²) in [5.41, 5.74) is 0.656. The molecular weight excluding hydrogens is 427 g/mol. The maximum Gasteiger partial charge on any atom is 0.271 e. The molecule has 0 fully saturated rings. The van der Waals surface area contributed by atoms with Crippen molar-refractivity contribution in [3.63, 3.8) is 0 Å². The van der Waals surface area contributed by atoms with Gasteiger partial charge in [-0.05, 0) is 42.5 Å². The van der Waals surface area contributed by atoms with Gasteiger partial charge in [-0.1, -0.05) is 34.8 Å². The number of nitrogens with zero attached hydrogens (tertiary/aromatic N) is 1. The molecule has 2 aromatic carbocycles. The number of hydrogen-bond donors (Lipinski definition) is 1. The molecule has 0 atom stereocenters. The number of halogens is 3. The fraction of sp³-hybridized carbons (Fsp3) is 0. The van der Waals surface area contributed by atoms with Crippen molar-refractivity contribution >= 4 is 58.2 Å². The number of carbonyl (C=O) groups excluding carboxylic acids is 1. The molecule has 1 heterocycles. The van der Waals surface area contributed by atoms with E-state index >= 15 is 0 Å². The van der Waals surface area contributed by atoms with Crippen LogP contribution < -0.4 is 5.32 Å². The average molecular weight is 438 g/mol. The molecule has 3 rings (SSSR count). The third-order valence-electron chi connectivity index (χ3n) is 3.59. The first-order valence-electron chi connectivity index (χ1n) is 7.81. The number of nitro groups is 1. The van der Waals surface area contributed by atoms with E-state index in [-0.39, 0.29) is 16.4 Å². The molecule has 9 heteroatoms. The molecule has 0 unspecified atom stereocenters. The van der Waals surface area contributed by atoms with Crippen LogP contribution in [0.25, 0.3) is 17.4 Å². The summed E-state index contributed by atoms with van der Waals surface area (Å²) in [6.45, 7) is 0. The van der Waals surface area contributed by atoms with Crippen LogP contribution in [0.15, 0.2) is 59.0 Å². The Kier molecular flexibility index (Phi) is 6.04. The Bertz CT molecular complexity index is 1070. The highest BCUT2D eigenvalue weighted by atomic mass is 35.5. The second kappa shape index (κ2) is 8.48. The highest BCUT2D eigenvalue weighted by molar-refractivity contribution is 6.35. The fourth-order valence-electron chi connectivity index (χ4n) is 2.35. The zero-order chi connectivity index (χ0) is 20.3. The predicted molar refractivity (Wildman–Crippen MR) is 110 cm³/mol. The van der Waals surface area contributed by atoms with Crippen LogP contribution in [0.3, 0.4) is 0 Å². The Morgan fingerprint density at radius 2 is 1.75 bits per heavy atom. The molecular formula is C19H11Cl3N2O4. The first-order valence-corrected chi connectivity index (χ1v) is 8.94. The average Bonchev–Trinajstić information content (AvgIpc) is 3.10. The summed E-state index contributed by atoms with van der Waals surface area (Å²) in [5, 5.41) is 14.5. The number of furan rings is 1. The van der Waals surface area contributed by atoms with E-state index in [0.717, 1.165) is 0 Å². The maximum atomic E-state index is 12.1. The van der Waals surface area contributed by atoms with E-state index in [1.165, 1.54) is 30.4 Å². The molecule has 142 valence electrons. The molecule has 0 aliphatic rings. The Morgan fingerprint density at radius 1 is 1.04 bits per heavy atom. The van der Waals surface area contributed by atoms with Crippen molar-refractivity contribution in [1.82, 2.24) is 0 Å². The molecule has 0 bridgehead atoms. The number of rotatable bonds is 5. The molecule has 0 saturated heterocycles. The molecule has 0 saturated carbocycles. The molecule has 0 radical (unpaired) electrons. The van der Waals surface area contributed by atoms with Crippen LogP contribution in [0.2, 0.25) is 15.1 Å². The lowest BCUT2D eigenvalue weighted by Crippen LogP contribution is -2.08. The van der Waals surface area contributed by atoms with E-state index < -0.39 is 10.8 Å². The highest BCUT2D eigenvalue weighted by Gasteiger charge is 2.11. The van der Waals surface area contributed by atoms with Gasteiger partial charge in [0.15, 0.2) is 0 Å². The van der Waals surface area contributed by atoms with Crippen LogP contribution >= 0.6 is 34.8 Å². The van der Waals surface area contributed by atoms with Crippen LogP contribution in [-0.4, -0.2) is 10.8 Å². The predicted octanol–water partition coefficient (Wildman–Crippen LogP) is 6.47. The molecule has 0 aliphatic carbocycles. The van der Waals surface area contributed by atoms with E-state index in [2.05, 4.69) is 5.32 Å². The van der Waals surface area contributed by atoms with Crippen LogP contribution in [0.4, 0.5) is 11.4 Å². The van der Waals surface area contributed by atoms with E-state index in [4.69, 9.17) is 39.2 Å². The number of amides is 1.